The summed E-state index contributed by atoms with van der Waals surface area (Å²) in [5.74, 6) is 1.43. The minimum absolute atomic E-state index is 0.0160. The van der Waals surface area contributed by atoms with Crippen LogP contribution < -0.4 is 5.73 Å². The third-order valence-electron chi connectivity index (χ3n) is 3.01. The minimum Gasteiger partial charge on any atom is -0.458 e. The molecule has 1 aliphatic carbocycles. The van der Waals surface area contributed by atoms with Crippen molar-refractivity contribution in [1.82, 2.24) is 0 Å². The van der Waals surface area contributed by atoms with E-state index >= 15 is 0 Å². The van der Waals surface area contributed by atoms with Crippen LogP contribution in [0.4, 0.5) is 0 Å². The lowest BCUT2D eigenvalue weighted by molar-refractivity contribution is 0.467. The Morgan fingerprint density at radius 2 is 2.12 bits per heavy atom. The van der Waals surface area contributed by atoms with Crippen LogP contribution in [0.1, 0.15) is 24.6 Å². The molecule has 2 nitrogen and oxygen atoms in total. The maximum absolute atomic E-state index is 6.11. The molecule has 3 rings (SSSR count). The van der Waals surface area contributed by atoms with Gasteiger partial charge < -0.3 is 10.2 Å². The van der Waals surface area contributed by atoms with Gasteiger partial charge in [-0.1, -0.05) is 27.5 Å². The van der Waals surface area contributed by atoms with Gasteiger partial charge in [0.25, 0.3) is 0 Å². The highest BCUT2D eigenvalue weighted by Crippen LogP contribution is 2.41. The third kappa shape index (κ3) is 1.77. The molecule has 0 saturated heterocycles. The van der Waals surface area contributed by atoms with E-state index in [2.05, 4.69) is 15.9 Å². The lowest BCUT2D eigenvalue weighted by atomic mass is 10.1. The molecule has 0 bridgehead atoms. The van der Waals surface area contributed by atoms with Crippen LogP contribution in [0.15, 0.2) is 27.1 Å². The summed E-state index contributed by atoms with van der Waals surface area (Å²) >= 11 is 9.52. The highest BCUT2D eigenvalue weighted by molar-refractivity contribution is 9.10. The number of nitrogens with two attached hydrogens (primary N) is 1. The molecule has 84 valence electrons. The molecule has 1 saturated carbocycles. The van der Waals surface area contributed by atoms with Gasteiger partial charge in [-0.25, -0.2) is 0 Å². The first kappa shape index (κ1) is 10.6. The Kier molecular flexibility index (Phi) is 2.50. The summed E-state index contributed by atoms with van der Waals surface area (Å²) in [5, 5.41) is 1.63. The van der Waals surface area contributed by atoms with E-state index in [0.29, 0.717) is 10.9 Å². The molecule has 1 atom stereocenters. The van der Waals surface area contributed by atoms with E-state index in [1.54, 1.807) is 0 Å². The Bertz CT molecular complexity index is 547. The first-order valence-electron chi connectivity index (χ1n) is 5.29. The first-order chi connectivity index (χ1) is 7.65. The number of furan rings is 1. The van der Waals surface area contributed by atoms with Crippen molar-refractivity contribution in [3.05, 3.63) is 33.5 Å². The number of rotatable bonds is 2. The van der Waals surface area contributed by atoms with E-state index < -0.39 is 0 Å². The molecule has 2 aromatic rings. The maximum atomic E-state index is 6.11. The molecule has 16 heavy (non-hydrogen) atoms. The van der Waals surface area contributed by atoms with E-state index in [1.807, 2.05) is 18.2 Å². The number of hydrogen-bond donors (Lipinski definition) is 1. The Morgan fingerprint density at radius 3 is 2.81 bits per heavy atom. The Morgan fingerprint density at radius 1 is 1.38 bits per heavy atom. The predicted molar refractivity (Wildman–Crippen MR) is 68.6 cm³/mol. The highest BCUT2D eigenvalue weighted by Gasteiger charge is 2.31. The van der Waals surface area contributed by atoms with Crippen LogP contribution in [-0.2, 0) is 0 Å². The van der Waals surface area contributed by atoms with Crippen LogP contribution in [0, 0.1) is 5.92 Å². The van der Waals surface area contributed by atoms with Gasteiger partial charge >= 0.3 is 0 Å². The van der Waals surface area contributed by atoms with Crippen molar-refractivity contribution < 1.29 is 4.42 Å². The summed E-state index contributed by atoms with van der Waals surface area (Å²) in [4.78, 5) is 0. The van der Waals surface area contributed by atoms with Crippen molar-refractivity contribution >= 4 is 38.5 Å². The summed E-state index contributed by atoms with van der Waals surface area (Å²) in [6.45, 7) is 0. The largest absolute Gasteiger partial charge is 0.458 e. The fourth-order valence-corrected chi connectivity index (χ4v) is 2.82. The number of halogens is 2. The maximum Gasteiger partial charge on any atom is 0.153 e. The second kappa shape index (κ2) is 3.76. The Hall–Kier alpha value is -0.510. The summed E-state index contributed by atoms with van der Waals surface area (Å²) in [5.41, 5.74) is 6.84. The van der Waals surface area contributed by atoms with Crippen molar-refractivity contribution in [2.45, 2.75) is 18.9 Å². The second-order valence-electron chi connectivity index (χ2n) is 4.32. The molecule has 1 heterocycles. The molecule has 0 spiro atoms. The summed E-state index contributed by atoms with van der Waals surface area (Å²) in [6, 6.07) is 5.84. The predicted octanol–water partition coefficient (Wildman–Crippen LogP) is 4.26. The van der Waals surface area contributed by atoms with Crippen LogP contribution in [0.5, 0.6) is 0 Å². The van der Waals surface area contributed by atoms with Gasteiger partial charge in [0.05, 0.1) is 11.1 Å². The lowest BCUT2D eigenvalue weighted by Crippen LogP contribution is -2.10. The zero-order chi connectivity index (χ0) is 11.3. The normalized spacial score (nSPS) is 17.9. The summed E-state index contributed by atoms with van der Waals surface area (Å²) in [6.07, 6.45) is 2.41. The SMILES string of the molecule is NC(c1cc2cc(Br)cc(Cl)c2o1)C1CC1. The van der Waals surface area contributed by atoms with Crippen molar-refractivity contribution in [3.63, 3.8) is 0 Å². The van der Waals surface area contributed by atoms with E-state index in [4.69, 9.17) is 21.8 Å². The standard InChI is InChI=1S/C12H11BrClNO/c13-8-3-7-4-10(11(15)6-1-2-6)16-12(7)9(14)5-8/h3-6,11H,1-2,15H2. The first-order valence-corrected chi connectivity index (χ1v) is 6.46. The molecule has 0 radical (unpaired) electrons. The smallest absolute Gasteiger partial charge is 0.153 e. The van der Waals surface area contributed by atoms with E-state index in [0.717, 1.165) is 21.2 Å². The third-order valence-corrected chi connectivity index (χ3v) is 3.75. The van der Waals surface area contributed by atoms with Crippen molar-refractivity contribution in [2.24, 2.45) is 11.7 Å². The zero-order valence-electron chi connectivity index (χ0n) is 8.54. The Labute approximate surface area is 107 Å². The van der Waals surface area contributed by atoms with Crippen molar-refractivity contribution in [1.29, 1.82) is 0 Å². The molecular formula is C12H11BrClNO. The fourth-order valence-electron chi connectivity index (χ4n) is 1.95. The van der Waals surface area contributed by atoms with Gasteiger partial charge in [0.1, 0.15) is 5.76 Å². The summed E-state index contributed by atoms with van der Waals surface area (Å²) < 4.78 is 6.69. The quantitative estimate of drug-likeness (QED) is 0.900. The molecule has 4 heteroatoms. The van der Waals surface area contributed by atoms with Gasteiger partial charge in [-0.05, 0) is 37.0 Å². The lowest BCUT2D eigenvalue weighted by Gasteiger charge is -2.04. The molecular weight excluding hydrogens is 289 g/mol. The van der Waals surface area contributed by atoms with Crippen LogP contribution in [0.3, 0.4) is 0 Å². The molecule has 1 aliphatic rings. The van der Waals surface area contributed by atoms with E-state index in [9.17, 15) is 0 Å². The average Bonchev–Trinajstić information content (AvgIpc) is 2.97. The molecule has 0 aliphatic heterocycles. The summed E-state index contributed by atoms with van der Waals surface area (Å²) in [7, 11) is 0. The van der Waals surface area contributed by atoms with Crippen LogP contribution in [0.25, 0.3) is 11.0 Å². The number of benzene rings is 1. The average molecular weight is 301 g/mol. The van der Waals surface area contributed by atoms with Gasteiger partial charge in [0.15, 0.2) is 5.58 Å². The molecule has 1 fully saturated rings. The topological polar surface area (TPSA) is 39.2 Å². The molecule has 0 amide bonds. The molecule has 1 unspecified atom stereocenters. The molecule has 1 aromatic carbocycles. The fraction of sp³-hybridized carbons (Fsp3) is 0.333. The monoisotopic (exact) mass is 299 g/mol. The highest BCUT2D eigenvalue weighted by atomic mass is 79.9. The van der Waals surface area contributed by atoms with Gasteiger partial charge in [-0.15, -0.1) is 0 Å². The van der Waals surface area contributed by atoms with Crippen molar-refractivity contribution in [2.75, 3.05) is 0 Å². The molecule has 1 aromatic heterocycles. The van der Waals surface area contributed by atoms with Gasteiger partial charge in [-0.3, -0.25) is 0 Å². The van der Waals surface area contributed by atoms with E-state index in [1.165, 1.54) is 12.8 Å². The second-order valence-corrected chi connectivity index (χ2v) is 5.64. The van der Waals surface area contributed by atoms with Gasteiger partial charge in [0.2, 0.25) is 0 Å². The van der Waals surface area contributed by atoms with Crippen molar-refractivity contribution in [3.8, 4) is 0 Å². The van der Waals surface area contributed by atoms with Crippen LogP contribution >= 0.6 is 27.5 Å². The Balaban J connectivity index is 2.11. The number of hydrogen-bond acceptors (Lipinski definition) is 2. The van der Waals surface area contributed by atoms with Crippen LogP contribution in [-0.4, -0.2) is 0 Å². The van der Waals surface area contributed by atoms with E-state index in [-0.39, 0.29) is 6.04 Å². The minimum atomic E-state index is 0.0160. The van der Waals surface area contributed by atoms with Gasteiger partial charge in [0, 0.05) is 9.86 Å². The zero-order valence-corrected chi connectivity index (χ0v) is 10.9. The molecule has 2 N–H and O–H groups in total. The van der Waals surface area contributed by atoms with Gasteiger partial charge in [-0.2, -0.15) is 0 Å². The number of fused-ring (bicyclic) bond motifs is 1. The van der Waals surface area contributed by atoms with Crippen LogP contribution in [0.2, 0.25) is 5.02 Å².